The Balaban J connectivity index is 1.42. The van der Waals surface area contributed by atoms with E-state index in [0.29, 0.717) is 10.2 Å². The maximum absolute atomic E-state index is 12.3. The molecule has 2 aromatic heterocycles. The molecule has 7 heteroatoms. The van der Waals surface area contributed by atoms with Gasteiger partial charge in [-0.2, -0.15) is 0 Å². The van der Waals surface area contributed by atoms with Gasteiger partial charge in [-0.1, -0.05) is 60.1 Å². The smallest absolute Gasteiger partial charge is 0.232 e. The average molecular weight is 412 g/mol. The lowest BCUT2D eigenvalue weighted by atomic mass is 10.2. The van der Waals surface area contributed by atoms with Gasteiger partial charge in [0, 0.05) is 26.9 Å². The largest absolute Gasteiger partial charge is 0.302 e. The van der Waals surface area contributed by atoms with Crippen molar-refractivity contribution in [1.29, 1.82) is 0 Å². The fourth-order valence-corrected chi connectivity index (χ4v) is 4.34. The second-order valence-corrected chi connectivity index (χ2v) is 7.88. The molecule has 0 atom stereocenters. The number of anilines is 1. The minimum atomic E-state index is -0.139. The van der Waals surface area contributed by atoms with Crippen molar-refractivity contribution >= 4 is 45.3 Å². The van der Waals surface area contributed by atoms with Crippen LogP contribution in [0.1, 0.15) is 5.69 Å². The molecule has 1 N–H and O–H groups in total. The van der Waals surface area contributed by atoms with Crippen LogP contribution in [0.5, 0.6) is 0 Å². The van der Waals surface area contributed by atoms with Crippen molar-refractivity contribution < 1.29 is 4.79 Å². The first kappa shape index (κ1) is 17.9. The Morgan fingerprint density at radius 2 is 1.74 bits per heavy atom. The van der Waals surface area contributed by atoms with Gasteiger partial charge in [-0.05, 0) is 6.07 Å². The Kier molecular flexibility index (Phi) is 5.29. The molecule has 4 rings (SSSR count). The molecule has 2 aromatic carbocycles. The molecule has 0 saturated heterocycles. The highest BCUT2D eigenvalue weighted by atomic mass is 35.5. The molecule has 0 bridgehead atoms. The summed E-state index contributed by atoms with van der Waals surface area (Å²) in [5, 5.41) is 8.73. The number of carbonyl (C=O) groups excluding carboxylic acids is 1. The van der Waals surface area contributed by atoms with Crippen molar-refractivity contribution in [3.05, 3.63) is 76.1 Å². The van der Waals surface area contributed by atoms with E-state index in [-0.39, 0.29) is 12.3 Å². The first-order chi connectivity index (χ1) is 13.2. The summed E-state index contributed by atoms with van der Waals surface area (Å²) in [5.41, 5.74) is 3.40. The van der Waals surface area contributed by atoms with Gasteiger partial charge in [-0.15, -0.1) is 22.7 Å². The highest BCUT2D eigenvalue weighted by Crippen LogP contribution is 2.30. The lowest BCUT2D eigenvalue weighted by Gasteiger charge is -2.01. The van der Waals surface area contributed by atoms with Crippen molar-refractivity contribution in [3.8, 4) is 21.8 Å². The molecule has 2 heterocycles. The molecule has 4 aromatic rings. The van der Waals surface area contributed by atoms with E-state index in [1.807, 2.05) is 65.4 Å². The quantitative estimate of drug-likeness (QED) is 0.453. The SMILES string of the molecule is O=C(Cc1csc(-c2ccccc2)n1)Nc1nc(-c2ccccc2Cl)cs1. The van der Waals surface area contributed by atoms with E-state index in [4.69, 9.17) is 11.6 Å². The zero-order chi connectivity index (χ0) is 18.6. The van der Waals surface area contributed by atoms with Crippen LogP contribution in [-0.2, 0) is 11.2 Å². The van der Waals surface area contributed by atoms with Crippen LogP contribution in [0.3, 0.4) is 0 Å². The predicted molar refractivity (Wildman–Crippen MR) is 112 cm³/mol. The molecule has 0 radical (unpaired) electrons. The number of nitrogens with zero attached hydrogens (tertiary/aromatic N) is 2. The number of hydrogen-bond donors (Lipinski definition) is 1. The summed E-state index contributed by atoms with van der Waals surface area (Å²) in [6.45, 7) is 0. The normalized spacial score (nSPS) is 10.7. The second kappa shape index (κ2) is 8.00. The van der Waals surface area contributed by atoms with Crippen LogP contribution in [0.4, 0.5) is 5.13 Å². The number of nitrogens with one attached hydrogen (secondary N) is 1. The van der Waals surface area contributed by atoms with E-state index in [1.54, 1.807) is 0 Å². The highest BCUT2D eigenvalue weighted by Gasteiger charge is 2.12. The van der Waals surface area contributed by atoms with Crippen molar-refractivity contribution in [1.82, 2.24) is 9.97 Å². The molecule has 0 aliphatic carbocycles. The Labute approximate surface area is 169 Å². The number of thiazole rings is 2. The maximum Gasteiger partial charge on any atom is 0.232 e. The number of halogens is 1. The predicted octanol–water partition coefficient (Wildman–Crippen LogP) is 5.77. The lowest BCUT2D eigenvalue weighted by molar-refractivity contribution is -0.115. The fourth-order valence-electron chi connectivity index (χ4n) is 2.55. The Bertz CT molecular complexity index is 1080. The number of benzene rings is 2. The van der Waals surface area contributed by atoms with Crippen molar-refractivity contribution in [2.24, 2.45) is 0 Å². The van der Waals surface area contributed by atoms with Crippen LogP contribution in [0.2, 0.25) is 5.02 Å². The van der Waals surface area contributed by atoms with Gasteiger partial charge >= 0.3 is 0 Å². The molecule has 0 aliphatic heterocycles. The van der Waals surface area contributed by atoms with Gasteiger partial charge in [0.2, 0.25) is 5.91 Å². The van der Waals surface area contributed by atoms with Gasteiger partial charge in [0.25, 0.3) is 0 Å². The van der Waals surface area contributed by atoms with Crippen LogP contribution >= 0.6 is 34.3 Å². The summed E-state index contributed by atoms with van der Waals surface area (Å²) in [4.78, 5) is 21.3. The summed E-state index contributed by atoms with van der Waals surface area (Å²) < 4.78 is 0. The van der Waals surface area contributed by atoms with E-state index in [9.17, 15) is 4.79 Å². The Morgan fingerprint density at radius 1 is 0.963 bits per heavy atom. The molecule has 0 unspecified atom stereocenters. The van der Waals surface area contributed by atoms with Crippen molar-refractivity contribution in [3.63, 3.8) is 0 Å². The van der Waals surface area contributed by atoms with E-state index in [2.05, 4.69) is 15.3 Å². The first-order valence-corrected chi connectivity index (χ1v) is 10.3. The average Bonchev–Trinajstić information content (AvgIpc) is 3.33. The molecule has 4 nitrogen and oxygen atoms in total. The first-order valence-electron chi connectivity index (χ1n) is 8.19. The van der Waals surface area contributed by atoms with E-state index in [0.717, 1.165) is 27.5 Å². The summed E-state index contributed by atoms with van der Waals surface area (Å²) in [6.07, 6.45) is 0.213. The van der Waals surface area contributed by atoms with Crippen molar-refractivity contribution in [2.45, 2.75) is 6.42 Å². The minimum Gasteiger partial charge on any atom is -0.302 e. The Hall–Kier alpha value is -2.54. The Morgan fingerprint density at radius 3 is 2.56 bits per heavy atom. The van der Waals surface area contributed by atoms with Gasteiger partial charge in [-0.25, -0.2) is 9.97 Å². The summed E-state index contributed by atoms with van der Waals surface area (Å²) >= 11 is 9.11. The van der Waals surface area contributed by atoms with Crippen LogP contribution in [0.25, 0.3) is 21.8 Å². The van der Waals surface area contributed by atoms with Gasteiger partial charge < -0.3 is 5.32 Å². The molecular formula is C20H14ClN3OS2. The van der Waals surface area contributed by atoms with Crippen molar-refractivity contribution in [2.75, 3.05) is 5.32 Å². The number of carbonyl (C=O) groups is 1. The van der Waals surface area contributed by atoms with E-state index >= 15 is 0 Å². The lowest BCUT2D eigenvalue weighted by Crippen LogP contribution is -2.14. The molecule has 134 valence electrons. The number of hydrogen-bond acceptors (Lipinski definition) is 5. The topological polar surface area (TPSA) is 54.9 Å². The third kappa shape index (κ3) is 4.24. The molecule has 0 spiro atoms. The summed E-state index contributed by atoms with van der Waals surface area (Å²) in [5.74, 6) is -0.139. The number of rotatable bonds is 5. The van der Waals surface area contributed by atoms with Crippen LogP contribution in [-0.4, -0.2) is 15.9 Å². The monoisotopic (exact) mass is 411 g/mol. The highest BCUT2D eigenvalue weighted by molar-refractivity contribution is 7.14. The molecule has 0 aliphatic rings. The van der Waals surface area contributed by atoms with Crippen LogP contribution in [0.15, 0.2) is 65.4 Å². The van der Waals surface area contributed by atoms with E-state index < -0.39 is 0 Å². The van der Waals surface area contributed by atoms with Crippen LogP contribution in [0, 0.1) is 0 Å². The van der Waals surface area contributed by atoms with Gasteiger partial charge in [0.15, 0.2) is 5.13 Å². The van der Waals surface area contributed by atoms with Gasteiger partial charge in [-0.3, -0.25) is 4.79 Å². The third-order valence-electron chi connectivity index (χ3n) is 3.81. The zero-order valence-electron chi connectivity index (χ0n) is 14.1. The third-order valence-corrected chi connectivity index (χ3v) is 5.84. The fraction of sp³-hybridized carbons (Fsp3) is 0.0500. The molecular weight excluding hydrogens is 398 g/mol. The molecule has 1 amide bonds. The van der Waals surface area contributed by atoms with E-state index in [1.165, 1.54) is 22.7 Å². The summed E-state index contributed by atoms with van der Waals surface area (Å²) in [7, 11) is 0. The zero-order valence-corrected chi connectivity index (χ0v) is 16.4. The molecule has 0 fully saturated rings. The molecule has 27 heavy (non-hydrogen) atoms. The standard InChI is InChI=1S/C20H14ClN3OS2/c21-16-9-5-4-8-15(16)17-12-27-20(23-17)24-18(25)10-14-11-26-19(22-14)13-6-2-1-3-7-13/h1-9,11-12H,10H2,(H,23,24,25). The second-order valence-electron chi connectivity index (χ2n) is 5.75. The van der Waals surface area contributed by atoms with Gasteiger partial charge in [0.1, 0.15) is 5.01 Å². The van der Waals surface area contributed by atoms with Crippen LogP contribution < -0.4 is 5.32 Å². The van der Waals surface area contributed by atoms with Gasteiger partial charge in [0.05, 0.1) is 17.8 Å². The minimum absolute atomic E-state index is 0.139. The summed E-state index contributed by atoms with van der Waals surface area (Å²) in [6, 6.07) is 17.4. The number of amides is 1. The maximum atomic E-state index is 12.3. The number of aromatic nitrogens is 2. The molecule has 0 saturated carbocycles.